The molecule has 190 valence electrons. The highest BCUT2D eigenvalue weighted by Gasteiger charge is 2.17. The van der Waals surface area contributed by atoms with E-state index in [1.54, 1.807) is 18.2 Å². The predicted octanol–water partition coefficient (Wildman–Crippen LogP) is 8.02. The maximum Gasteiger partial charge on any atom is 0.339 e. The van der Waals surface area contributed by atoms with Crippen molar-refractivity contribution in [2.75, 3.05) is 6.61 Å². The number of Topliss-reactive ketones (excluding diaryl/α,β-unsaturated/α-hetero) is 1. The Morgan fingerprint density at radius 2 is 1.49 bits per heavy atom. The van der Waals surface area contributed by atoms with Crippen molar-refractivity contribution >= 4 is 22.7 Å². The maximum atomic E-state index is 13.1. The molecule has 0 bridgehead atoms. The molecule has 37 heavy (non-hydrogen) atoms. The standard InChI is InChI=1S/C33H35NO3/c1-3-5-6-7-8-11-25-16-18-26(19-17-25)31-22-29(28-12-9-10-13-30(28)34-31)33(36)37-23-32(35)27-20-14-24(4-2)15-21-27/h9-10,12-22H,3-8,11,23H2,1-2H3. The third-order valence-electron chi connectivity index (χ3n) is 6.77. The number of hydrogen-bond donors (Lipinski definition) is 0. The smallest absolute Gasteiger partial charge is 0.339 e. The van der Waals surface area contributed by atoms with E-state index in [9.17, 15) is 9.59 Å². The van der Waals surface area contributed by atoms with Crippen molar-refractivity contribution in [3.05, 3.63) is 101 Å². The van der Waals surface area contributed by atoms with Crippen LogP contribution in [-0.2, 0) is 17.6 Å². The first-order chi connectivity index (χ1) is 18.1. The highest BCUT2D eigenvalue weighted by atomic mass is 16.5. The molecule has 0 saturated heterocycles. The van der Waals surface area contributed by atoms with E-state index in [2.05, 4.69) is 38.1 Å². The summed E-state index contributed by atoms with van der Waals surface area (Å²) in [7, 11) is 0. The van der Waals surface area contributed by atoms with Crippen molar-refractivity contribution < 1.29 is 14.3 Å². The number of para-hydroxylation sites is 1. The SMILES string of the molecule is CCCCCCCc1ccc(-c2cc(C(=O)OCC(=O)c3ccc(CC)cc3)c3ccccc3n2)cc1. The lowest BCUT2D eigenvalue weighted by molar-refractivity contribution is 0.0476. The van der Waals surface area contributed by atoms with Gasteiger partial charge < -0.3 is 4.74 Å². The number of benzene rings is 3. The van der Waals surface area contributed by atoms with Gasteiger partial charge in [-0.15, -0.1) is 0 Å². The Hall–Kier alpha value is -3.79. The molecule has 0 spiro atoms. The maximum absolute atomic E-state index is 13.1. The molecule has 0 saturated carbocycles. The van der Waals surface area contributed by atoms with E-state index in [4.69, 9.17) is 9.72 Å². The van der Waals surface area contributed by atoms with Crippen LogP contribution in [0.1, 0.15) is 77.8 Å². The first-order valence-electron chi connectivity index (χ1n) is 13.4. The van der Waals surface area contributed by atoms with Gasteiger partial charge in [0, 0.05) is 16.5 Å². The molecular weight excluding hydrogens is 458 g/mol. The number of unbranched alkanes of at least 4 members (excludes halogenated alkanes) is 4. The van der Waals surface area contributed by atoms with Crippen LogP contribution in [0.2, 0.25) is 0 Å². The van der Waals surface area contributed by atoms with Gasteiger partial charge in [0.15, 0.2) is 12.4 Å². The van der Waals surface area contributed by atoms with Crippen molar-refractivity contribution in [2.45, 2.75) is 58.8 Å². The van der Waals surface area contributed by atoms with Crippen molar-refractivity contribution in [3.8, 4) is 11.3 Å². The van der Waals surface area contributed by atoms with Gasteiger partial charge in [-0.05, 0) is 42.5 Å². The number of aromatic nitrogens is 1. The van der Waals surface area contributed by atoms with Crippen LogP contribution in [0.25, 0.3) is 22.2 Å². The van der Waals surface area contributed by atoms with E-state index in [0.717, 1.165) is 24.0 Å². The number of carbonyl (C=O) groups is 2. The molecule has 0 aliphatic heterocycles. The Bertz CT molecular complexity index is 1340. The topological polar surface area (TPSA) is 56.3 Å². The van der Waals surface area contributed by atoms with E-state index in [0.29, 0.717) is 27.7 Å². The van der Waals surface area contributed by atoms with Crippen LogP contribution in [0.3, 0.4) is 0 Å². The highest BCUT2D eigenvalue weighted by Crippen LogP contribution is 2.26. The summed E-state index contributed by atoms with van der Waals surface area (Å²) in [4.78, 5) is 30.5. The Labute approximate surface area is 219 Å². The van der Waals surface area contributed by atoms with Gasteiger partial charge in [0.2, 0.25) is 0 Å². The van der Waals surface area contributed by atoms with Gasteiger partial charge in [-0.25, -0.2) is 9.78 Å². The molecule has 0 aliphatic carbocycles. The van der Waals surface area contributed by atoms with E-state index in [1.165, 1.54) is 37.7 Å². The van der Waals surface area contributed by atoms with Gasteiger partial charge in [0.25, 0.3) is 0 Å². The minimum atomic E-state index is -0.526. The van der Waals surface area contributed by atoms with Gasteiger partial charge >= 0.3 is 5.97 Å². The molecule has 0 unspecified atom stereocenters. The van der Waals surface area contributed by atoms with E-state index >= 15 is 0 Å². The summed E-state index contributed by atoms with van der Waals surface area (Å²) < 4.78 is 5.47. The number of ether oxygens (including phenoxy) is 1. The molecule has 4 rings (SSSR count). The molecule has 0 radical (unpaired) electrons. The van der Waals surface area contributed by atoms with E-state index in [1.807, 2.05) is 36.4 Å². The van der Waals surface area contributed by atoms with Crippen LogP contribution in [-0.4, -0.2) is 23.3 Å². The molecule has 4 heteroatoms. The van der Waals surface area contributed by atoms with Crippen LogP contribution in [0, 0.1) is 0 Å². The number of pyridine rings is 1. The molecule has 0 fully saturated rings. The normalized spacial score (nSPS) is 11.0. The number of hydrogen-bond acceptors (Lipinski definition) is 4. The molecule has 4 aromatic rings. The third-order valence-corrected chi connectivity index (χ3v) is 6.77. The number of ketones is 1. The second kappa shape index (κ2) is 13.0. The number of aryl methyl sites for hydroxylation is 2. The molecule has 0 atom stereocenters. The van der Waals surface area contributed by atoms with Crippen molar-refractivity contribution in [1.82, 2.24) is 4.98 Å². The fourth-order valence-electron chi connectivity index (χ4n) is 4.49. The summed E-state index contributed by atoms with van der Waals surface area (Å²) in [5, 5.41) is 0.708. The minimum Gasteiger partial charge on any atom is -0.454 e. The van der Waals surface area contributed by atoms with Crippen LogP contribution in [0.15, 0.2) is 78.9 Å². The Balaban J connectivity index is 1.49. The zero-order valence-electron chi connectivity index (χ0n) is 21.8. The summed E-state index contributed by atoms with van der Waals surface area (Å²) in [5.41, 5.74) is 5.79. The number of nitrogens with zero attached hydrogens (tertiary/aromatic N) is 1. The second-order valence-corrected chi connectivity index (χ2v) is 9.48. The third kappa shape index (κ3) is 6.91. The first-order valence-corrected chi connectivity index (χ1v) is 13.4. The number of carbonyl (C=O) groups excluding carboxylic acids is 2. The summed E-state index contributed by atoms with van der Waals surface area (Å²) in [6, 6.07) is 25.1. The lowest BCUT2D eigenvalue weighted by Crippen LogP contribution is -2.15. The summed E-state index contributed by atoms with van der Waals surface area (Å²) in [5.74, 6) is -0.748. The van der Waals surface area contributed by atoms with Gasteiger partial charge in [0.1, 0.15) is 0 Å². The number of esters is 1. The predicted molar refractivity (Wildman–Crippen MR) is 150 cm³/mol. The van der Waals surface area contributed by atoms with E-state index < -0.39 is 5.97 Å². The van der Waals surface area contributed by atoms with Crippen LogP contribution < -0.4 is 0 Å². The minimum absolute atomic E-state index is 0.222. The monoisotopic (exact) mass is 493 g/mol. The number of rotatable bonds is 12. The lowest BCUT2D eigenvalue weighted by atomic mass is 10.0. The average molecular weight is 494 g/mol. The number of fused-ring (bicyclic) bond motifs is 1. The Kier molecular flexibility index (Phi) is 9.20. The molecule has 1 heterocycles. The van der Waals surface area contributed by atoms with Gasteiger partial charge in [-0.2, -0.15) is 0 Å². The van der Waals surface area contributed by atoms with Gasteiger partial charge in [-0.3, -0.25) is 4.79 Å². The lowest BCUT2D eigenvalue weighted by Gasteiger charge is -2.11. The molecule has 0 aliphatic rings. The molecule has 0 amide bonds. The molecule has 3 aromatic carbocycles. The largest absolute Gasteiger partial charge is 0.454 e. The Morgan fingerprint density at radius 1 is 0.784 bits per heavy atom. The zero-order chi connectivity index (χ0) is 26.0. The molecular formula is C33H35NO3. The quantitative estimate of drug-likeness (QED) is 0.114. The summed E-state index contributed by atoms with van der Waals surface area (Å²) in [6.45, 7) is 4.00. The summed E-state index contributed by atoms with van der Waals surface area (Å²) in [6.07, 6.45) is 8.30. The second-order valence-electron chi connectivity index (χ2n) is 9.48. The van der Waals surface area contributed by atoms with E-state index in [-0.39, 0.29) is 12.4 Å². The van der Waals surface area contributed by atoms with Crippen molar-refractivity contribution in [2.24, 2.45) is 0 Å². The van der Waals surface area contributed by atoms with Crippen LogP contribution in [0.5, 0.6) is 0 Å². The fraction of sp³-hybridized carbons (Fsp3) is 0.303. The molecule has 1 aromatic heterocycles. The van der Waals surface area contributed by atoms with Gasteiger partial charge in [-0.1, -0.05) is 106 Å². The van der Waals surface area contributed by atoms with Gasteiger partial charge in [0.05, 0.1) is 16.8 Å². The fourth-order valence-corrected chi connectivity index (χ4v) is 4.49. The van der Waals surface area contributed by atoms with Crippen LogP contribution in [0.4, 0.5) is 0 Å². The summed E-state index contributed by atoms with van der Waals surface area (Å²) >= 11 is 0. The first kappa shape index (κ1) is 26.3. The zero-order valence-corrected chi connectivity index (χ0v) is 21.8. The highest BCUT2D eigenvalue weighted by molar-refractivity contribution is 6.06. The average Bonchev–Trinajstić information content (AvgIpc) is 2.95. The van der Waals surface area contributed by atoms with Crippen LogP contribution >= 0.6 is 0 Å². The van der Waals surface area contributed by atoms with Crippen molar-refractivity contribution in [1.29, 1.82) is 0 Å². The van der Waals surface area contributed by atoms with Crippen molar-refractivity contribution in [3.63, 3.8) is 0 Å². The molecule has 0 N–H and O–H groups in total. The Morgan fingerprint density at radius 3 is 2.22 bits per heavy atom. The molecule has 4 nitrogen and oxygen atoms in total.